The predicted molar refractivity (Wildman–Crippen MR) is 97.2 cm³/mol. The van der Waals surface area contributed by atoms with Gasteiger partial charge in [-0.2, -0.15) is 4.98 Å². The Labute approximate surface area is 148 Å². The van der Waals surface area contributed by atoms with Gasteiger partial charge in [-0.05, 0) is 5.56 Å². The quantitative estimate of drug-likeness (QED) is 0.337. The first-order valence-electron chi connectivity index (χ1n) is 7.43. The minimum absolute atomic E-state index is 0.178. The molecule has 118 valence electrons. The van der Waals surface area contributed by atoms with Crippen molar-refractivity contribution in [3.63, 3.8) is 0 Å². The van der Waals surface area contributed by atoms with Crippen LogP contribution in [0.5, 0.6) is 0 Å². The number of alkyl halides is 1. The predicted octanol–water partition coefficient (Wildman–Crippen LogP) is 5.95. The van der Waals surface area contributed by atoms with Crippen molar-refractivity contribution in [2.24, 2.45) is 0 Å². The van der Waals surface area contributed by atoms with Crippen LogP contribution in [0.25, 0.3) is 33.6 Å². The van der Waals surface area contributed by atoms with E-state index < -0.39 is 0 Å². The molecular formula is C19H12Cl2N2O. The number of rotatable bonds is 3. The van der Waals surface area contributed by atoms with Gasteiger partial charge in [0.25, 0.3) is 0 Å². The van der Waals surface area contributed by atoms with Gasteiger partial charge in [0, 0.05) is 11.1 Å². The molecule has 0 aliphatic heterocycles. The lowest BCUT2D eigenvalue weighted by Crippen LogP contribution is -1.92. The summed E-state index contributed by atoms with van der Waals surface area (Å²) in [4.78, 5) is 8.67. The molecular weight excluding hydrogens is 343 g/mol. The minimum atomic E-state index is 0.178. The lowest BCUT2D eigenvalue weighted by molar-refractivity contribution is 0.616. The van der Waals surface area contributed by atoms with E-state index in [9.17, 15) is 0 Å². The SMILES string of the molecule is ClCc1nc(Cl)c2c(-c3ccccc3)c(-c3ccccc3)oc2n1. The number of furan rings is 1. The van der Waals surface area contributed by atoms with Crippen LogP contribution in [0.3, 0.4) is 0 Å². The first-order chi connectivity index (χ1) is 11.8. The minimum Gasteiger partial charge on any atom is -0.437 e. The second kappa shape index (κ2) is 6.27. The van der Waals surface area contributed by atoms with Gasteiger partial charge in [-0.15, -0.1) is 11.6 Å². The molecule has 0 unspecified atom stereocenters. The van der Waals surface area contributed by atoms with Gasteiger partial charge < -0.3 is 4.42 Å². The molecule has 0 saturated heterocycles. The highest BCUT2D eigenvalue weighted by Crippen LogP contribution is 2.42. The van der Waals surface area contributed by atoms with Crippen molar-refractivity contribution in [2.75, 3.05) is 0 Å². The van der Waals surface area contributed by atoms with E-state index in [-0.39, 0.29) is 5.88 Å². The van der Waals surface area contributed by atoms with Gasteiger partial charge in [-0.3, -0.25) is 0 Å². The van der Waals surface area contributed by atoms with Gasteiger partial charge in [0.2, 0.25) is 5.71 Å². The maximum absolute atomic E-state index is 6.43. The summed E-state index contributed by atoms with van der Waals surface area (Å²) in [5.41, 5.74) is 3.29. The number of hydrogen-bond donors (Lipinski definition) is 0. The van der Waals surface area contributed by atoms with Crippen LogP contribution in [-0.2, 0) is 5.88 Å². The Morgan fingerprint density at radius 3 is 2.08 bits per heavy atom. The highest BCUT2D eigenvalue weighted by molar-refractivity contribution is 6.35. The Morgan fingerprint density at radius 2 is 1.46 bits per heavy atom. The molecule has 2 aromatic carbocycles. The summed E-state index contributed by atoms with van der Waals surface area (Å²) in [5, 5.41) is 1.05. The van der Waals surface area contributed by atoms with Crippen molar-refractivity contribution in [3.8, 4) is 22.5 Å². The molecule has 4 rings (SSSR count). The second-order valence-corrected chi connectivity index (χ2v) is 5.91. The third-order valence-electron chi connectivity index (χ3n) is 3.77. The van der Waals surface area contributed by atoms with Crippen molar-refractivity contribution >= 4 is 34.3 Å². The van der Waals surface area contributed by atoms with Crippen molar-refractivity contribution in [1.29, 1.82) is 0 Å². The summed E-state index contributed by atoms with van der Waals surface area (Å²) in [5.74, 6) is 1.35. The molecule has 0 aliphatic carbocycles. The zero-order chi connectivity index (χ0) is 16.5. The van der Waals surface area contributed by atoms with Crippen LogP contribution in [-0.4, -0.2) is 9.97 Å². The zero-order valence-electron chi connectivity index (χ0n) is 12.5. The average Bonchev–Trinajstić information content (AvgIpc) is 3.03. The second-order valence-electron chi connectivity index (χ2n) is 5.28. The van der Waals surface area contributed by atoms with E-state index in [1.807, 2.05) is 60.7 Å². The zero-order valence-corrected chi connectivity index (χ0v) is 14.1. The third kappa shape index (κ3) is 2.56. The Morgan fingerprint density at radius 1 is 0.833 bits per heavy atom. The molecule has 2 heterocycles. The first kappa shape index (κ1) is 15.2. The van der Waals surface area contributed by atoms with Gasteiger partial charge >= 0.3 is 0 Å². The lowest BCUT2D eigenvalue weighted by atomic mass is 10.00. The summed E-state index contributed by atoms with van der Waals surface area (Å²) in [7, 11) is 0. The molecule has 0 N–H and O–H groups in total. The van der Waals surface area contributed by atoms with E-state index in [1.54, 1.807) is 0 Å². The van der Waals surface area contributed by atoms with Gasteiger partial charge in [0.15, 0.2) is 0 Å². The Hall–Kier alpha value is -2.36. The van der Waals surface area contributed by atoms with Crippen LogP contribution >= 0.6 is 23.2 Å². The summed E-state index contributed by atoms with van der Waals surface area (Å²) in [6.07, 6.45) is 0. The number of aromatic nitrogens is 2. The van der Waals surface area contributed by atoms with E-state index in [1.165, 1.54) is 0 Å². The Kier molecular flexibility index (Phi) is 3.97. The Balaban J connectivity index is 2.09. The smallest absolute Gasteiger partial charge is 0.232 e. The average molecular weight is 355 g/mol. The van der Waals surface area contributed by atoms with Crippen LogP contribution in [0.4, 0.5) is 0 Å². The molecule has 2 aromatic heterocycles. The standard InChI is InChI=1S/C19H12Cl2N2O/c20-11-14-22-18(21)16-15(12-7-3-1-4-8-12)17(24-19(16)23-14)13-9-5-2-6-10-13/h1-10H,11H2. The third-order valence-corrected chi connectivity index (χ3v) is 4.28. The number of halogens is 2. The van der Waals surface area contributed by atoms with Crippen LogP contribution in [0.15, 0.2) is 65.1 Å². The molecule has 0 aliphatic rings. The fourth-order valence-corrected chi connectivity index (χ4v) is 3.13. The molecule has 0 atom stereocenters. The summed E-state index contributed by atoms with van der Waals surface area (Å²) >= 11 is 12.3. The highest BCUT2D eigenvalue weighted by atomic mass is 35.5. The number of hydrogen-bond acceptors (Lipinski definition) is 3. The van der Waals surface area contributed by atoms with Crippen LogP contribution in [0.1, 0.15) is 5.82 Å². The molecule has 4 aromatic rings. The van der Waals surface area contributed by atoms with E-state index >= 15 is 0 Å². The first-order valence-corrected chi connectivity index (χ1v) is 8.35. The maximum atomic E-state index is 6.43. The summed E-state index contributed by atoms with van der Waals surface area (Å²) < 4.78 is 6.07. The highest BCUT2D eigenvalue weighted by Gasteiger charge is 2.22. The van der Waals surface area contributed by atoms with Crippen molar-refractivity contribution in [3.05, 3.63) is 71.6 Å². The van der Waals surface area contributed by atoms with Gasteiger partial charge in [0.1, 0.15) is 16.7 Å². The fourth-order valence-electron chi connectivity index (χ4n) is 2.73. The van der Waals surface area contributed by atoms with Crippen molar-refractivity contribution in [2.45, 2.75) is 5.88 Å². The van der Waals surface area contributed by atoms with E-state index in [4.69, 9.17) is 27.6 Å². The Bertz CT molecular complexity index is 998. The van der Waals surface area contributed by atoms with Crippen molar-refractivity contribution < 1.29 is 4.42 Å². The molecule has 0 amide bonds. The van der Waals surface area contributed by atoms with Crippen molar-refractivity contribution in [1.82, 2.24) is 9.97 Å². The maximum Gasteiger partial charge on any atom is 0.232 e. The van der Waals surface area contributed by atoms with Gasteiger partial charge in [0.05, 0.1) is 11.3 Å². The fraction of sp³-hybridized carbons (Fsp3) is 0.0526. The number of fused-ring (bicyclic) bond motifs is 1. The lowest BCUT2D eigenvalue weighted by Gasteiger charge is -2.04. The van der Waals surface area contributed by atoms with E-state index in [2.05, 4.69) is 9.97 Å². The monoisotopic (exact) mass is 354 g/mol. The molecule has 3 nitrogen and oxygen atoms in total. The normalized spacial score (nSPS) is 11.1. The van der Waals surface area contributed by atoms with Crippen LogP contribution < -0.4 is 0 Å². The molecule has 0 radical (unpaired) electrons. The number of benzene rings is 2. The van der Waals surface area contributed by atoms with E-state index in [0.717, 1.165) is 22.5 Å². The van der Waals surface area contributed by atoms with Crippen LogP contribution in [0.2, 0.25) is 5.15 Å². The molecule has 0 fully saturated rings. The molecule has 0 saturated carbocycles. The van der Waals surface area contributed by atoms with Gasteiger partial charge in [-0.25, -0.2) is 4.98 Å². The summed E-state index contributed by atoms with van der Waals surface area (Å²) in [6, 6.07) is 19.8. The summed E-state index contributed by atoms with van der Waals surface area (Å²) in [6.45, 7) is 0. The number of nitrogens with zero attached hydrogens (tertiary/aromatic N) is 2. The molecule has 0 bridgehead atoms. The molecule has 5 heteroatoms. The largest absolute Gasteiger partial charge is 0.437 e. The van der Waals surface area contributed by atoms with Crippen LogP contribution in [0, 0.1) is 0 Å². The topological polar surface area (TPSA) is 38.9 Å². The molecule has 24 heavy (non-hydrogen) atoms. The molecule has 0 spiro atoms. The van der Waals surface area contributed by atoms with Gasteiger partial charge in [-0.1, -0.05) is 72.3 Å². The van der Waals surface area contributed by atoms with E-state index in [0.29, 0.717) is 22.1 Å².